The van der Waals surface area contributed by atoms with Crippen molar-refractivity contribution in [1.82, 2.24) is 15.0 Å². The molecule has 0 bridgehead atoms. The Morgan fingerprint density at radius 1 is 1.42 bits per heavy atom. The number of rotatable bonds is 5. The van der Waals surface area contributed by atoms with Gasteiger partial charge in [-0.05, 0) is 18.4 Å². The molecule has 2 aromatic rings. The van der Waals surface area contributed by atoms with Crippen molar-refractivity contribution in [2.24, 2.45) is 5.84 Å². The second-order valence-electron chi connectivity index (χ2n) is 3.89. The molecule has 7 nitrogen and oxygen atoms in total. The van der Waals surface area contributed by atoms with Gasteiger partial charge in [-0.15, -0.1) is 11.3 Å². The van der Waals surface area contributed by atoms with Gasteiger partial charge in [0, 0.05) is 11.9 Å². The number of aromatic nitrogens is 3. The molecule has 19 heavy (non-hydrogen) atoms. The van der Waals surface area contributed by atoms with Crippen molar-refractivity contribution in [2.45, 2.75) is 13.0 Å². The van der Waals surface area contributed by atoms with Crippen LogP contribution in [0.3, 0.4) is 0 Å². The van der Waals surface area contributed by atoms with Crippen molar-refractivity contribution in [1.29, 1.82) is 0 Å². The number of hydrogen-bond donors (Lipinski definition) is 2. The Morgan fingerprint density at radius 2 is 2.21 bits per heavy atom. The van der Waals surface area contributed by atoms with E-state index >= 15 is 0 Å². The molecule has 0 spiro atoms. The number of ether oxygens (including phenoxy) is 1. The van der Waals surface area contributed by atoms with Gasteiger partial charge in [-0.2, -0.15) is 15.0 Å². The highest BCUT2D eigenvalue weighted by atomic mass is 32.1. The first-order valence-electron chi connectivity index (χ1n) is 5.68. The summed E-state index contributed by atoms with van der Waals surface area (Å²) in [6, 6.07) is 4.47. The quantitative estimate of drug-likeness (QED) is 0.632. The molecule has 2 aromatic heterocycles. The molecule has 0 aromatic carbocycles. The van der Waals surface area contributed by atoms with E-state index < -0.39 is 0 Å². The highest BCUT2D eigenvalue weighted by Crippen LogP contribution is 2.27. The first kappa shape index (κ1) is 13.5. The van der Waals surface area contributed by atoms with Gasteiger partial charge in [0.05, 0.1) is 13.2 Å². The maximum absolute atomic E-state index is 5.34. The van der Waals surface area contributed by atoms with Gasteiger partial charge in [-0.25, -0.2) is 5.84 Å². The van der Waals surface area contributed by atoms with Gasteiger partial charge in [0.1, 0.15) is 0 Å². The fraction of sp³-hybridized carbons (Fsp3) is 0.364. The van der Waals surface area contributed by atoms with Gasteiger partial charge in [0.2, 0.25) is 11.9 Å². The molecule has 8 heteroatoms. The van der Waals surface area contributed by atoms with E-state index in [1.165, 1.54) is 12.0 Å². The zero-order chi connectivity index (χ0) is 13.8. The lowest BCUT2D eigenvalue weighted by Gasteiger charge is -2.24. The normalized spacial score (nSPS) is 12.0. The second-order valence-corrected chi connectivity index (χ2v) is 4.87. The summed E-state index contributed by atoms with van der Waals surface area (Å²) in [5.74, 6) is 6.11. The van der Waals surface area contributed by atoms with Crippen LogP contribution in [0.5, 0.6) is 6.01 Å². The average molecular weight is 280 g/mol. The standard InChI is InChI=1S/C11H16N6OS/c1-7(8-5-4-6-19-8)17(2)10-13-9(16-12)14-11(15-10)18-3/h4-7H,12H2,1-3H3,(H,13,14,15,16). The predicted molar refractivity (Wildman–Crippen MR) is 75.3 cm³/mol. The summed E-state index contributed by atoms with van der Waals surface area (Å²) in [4.78, 5) is 15.6. The summed E-state index contributed by atoms with van der Waals surface area (Å²) in [5.41, 5.74) is 2.40. The van der Waals surface area contributed by atoms with Crippen LogP contribution in [-0.4, -0.2) is 29.1 Å². The van der Waals surface area contributed by atoms with E-state index in [4.69, 9.17) is 10.6 Å². The Kier molecular flexibility index (Phi) is 4.13. The summed E-state index contributed by atoms with van der Waals surface area (Å²) < 4.78 is 5.04. The predicted octanol–water partition coefficient (Wildman–Crippen LogP) is 1.42. The van der Waals surface area contributed by atoms with E-state index in [9.17, 15) is 0 Å². The van der Waals surface area contributed by atoms with Crippen molar-refractivity contribution < 1.29 is 4.74 Å². The molecule has 1 atom stereocenters. The number of nitrogen functional groups attached to an aromatic ring is 1. The molecule has 0 fully saturated rings. The molecule has 0 radical (unpaired) electrons. The minimum atomic E-state index is 0.151. The molecule has 102 valence electrons. The highest BCUT2D eigenvalue weighted by Gasteiger charge is 2.17. The lowest BCUT2D eigenvalue weighted by molar-refractivity contribution is 0.378. The average Bonchev–Trinajstić information content (AvgIpc) is 2.99. The van der Waals surface area contributed by atoms with Crippen LogP contribution in [0, 0.1) is 0 Å². The third kappa shape index (κ3) is 2.91. The van der Waals surface area contributed by atoms with Crippen LogP contribution in [0.1, 0.15) is 17.8 Å². The number of hydrazine groups is 1. The zero-order valence-electron chi connectivity index (χ0n) is 11.0. The van der Waals surface area contributed by atoms with Crippen molar-refractivity contribution in [3.05, 3.63) is 22.4 Å². The molecule has 0 aliphatic rings. The van der Waals surface area contributed by atoms with Gasteiger partial charge in [0.15, 0.2) is 0 Å². The van der Waals surface area contributed by atoms with Gasteiger partial charge < -0.3 is 9.64 Å². The van der Waals surface area contributed by atoms with Gasteiger partial charge in [0.25, 0.3) is 0 Å². The Balaban J connectivity index is 2.29. The summed E-state index contributed by atoms with van der Waals surface area (Å²) in [7, 11) is 3.42. The molecule has 2 rings (SSSR count). The lowest BCUT2D eigenvalue weighted by atomic mass is 10.2. The van der Waals surface area contributed by atoms with Crippen LogP contribution in [0.4, 0.5) is 11.9 Å². The number of thiophene rings is 1. The smallest absolute Gasteiger partial charge is 0.322 e. The second kappa shape index (κ2) is 5.81. The van der Waals surface area contributed by atoms with E-state index in [1.54, 1.807) is 11.3 Å². The van der Waals surface area contributed by atoms with E-state index in [2.05, 4.69) is 33.4 Å². The fourth-order valence-corrected chi connectivity index (χ4v) is 2.38. The molecule has 0 aliphatic carbocycles. The van der Waals surface area contributed by atoms with E-state index in [1.807, 2.05) is 23.4 Å². The van der Waals surface area contributed by atoms with E-state index in [-0.39, 0.29) is 18.0 Å². The maximum Gasteiger partial charge on any atom is 0.322 e. The number of nitrogens with one attached hydrogen (secondary N) is 1. The first-order valence-corrected chi connectivity index (χ1v) is 6.56. The molecule has 0 amide bonds. The third-order valence-electron chi connectivity index (χ3n) is 2.77. The number of methoxy groups -OCH3 is 1. The molecule has 0 saturated heterocycles. The van der Waals surface area contributed by atoms with Crippen molar-refractivity contribution in [3.8, 4) is 6.01 Å². The van der Waals surface area contributed by atoms with Crippen LogP contribution in [-0.2, 0) is 0 Å². The largest absolute Gasteiger partial charge is 0.467 e. The number of anilines is 2. The maximum atomic E-state index is 5.34. The van der Waals surface area contributed by atoms with Crippen LogP contribution < -0.4 is 20.9 Å². The molecular weight excluding hydrogens is 264 g/mol. The summed E-state index contributed by atoms with van der Waals surface area (Å²) in [6.07, 6.45) is 0. The zero-order valence-corrected chi connectivity index (χ0v) is 11.8. The minimum absolute atomic E-state index is 0.151. The Morgan fingerprint density at radius 3 is 2.79 bits per heavy atom. The summed E-state index contributed by atoms with van der Waals surface area (Å²) >= 11 is 1.69. The van der Waals surface area contributed by atoms with E-state index in [0.29, 0.717) is 5.95 Å². The molecule has 2 heterocycles. The number of hydrogen-bond acceptors (Lipinski definition) is 8. The van der Waals surface area contributed by atoms with Crippen LogP contribution >= 0.6 is 11.3 Å². The van der Waals surface area contributed by atoms with Gasteiger partial charge in [-0.3, -0.25) is 5.43 Å². The van der Waals surface area contributed by atoms with Crippen LogP contribution in [0.25, 0.3) is 0 Å². The molecular formula is C11H16N6OS. The van der Waals surface area contributed by atoms with Crippen LogP contribution in [0.2, 0.25) is 0 Å². The van der Waals surface area contributed by atoms with Gasteiger partial charge in [-0.1, -0.05) is 6.07 Å². The number of nitrogens with two attached hydrogens (primary N) is 1. The highest BCUT2D eigenvalue weighted by molar-refractivity contribution is 7.10. The lowest BCUT2D eigenvalue weighted by Crippen LogP contribution is -2.24. The molecule has 1 unspecified atom stereocenters. The van der Waals surface area contributed by atoms with Crippen molar-refractivity contribution in [3.63, 3.8) is 0 Å². The fourth-order valence-electron chi connectivity index (χ4n) is 1.55. The van der Waals surface area contributed by atoms with Crippen molar-refractivity contribution >= 4 is 23.2 Å². The molecule has 0 saturated carbocycles. The Hall–Kier alpha value is -1.93. The SMILES string of the molecule is COc1nc(NN)nc(N(C)C(C)c2cccs2)n1. The summed E-state index contributed by atoms with van der Waals surface area (Å²) in [5, 5.41) is 2.04. The Bertz CT molecular complexity index is 510. The summed E-state index contributed by atoms with van der Waals surface area (Å²) in [6.45, 7) is 2.08. The minimum Gasteiger partial charge on any atom is -0.467 e. The Labute approximate surface area is 115 Å². The molecule has 3 N–H and O–H groups in total. The van der Waals surface area contributed by atoms with Crippen LogP contribution in [0.15, 0.2) is 17.5 Å². The monoisotopic (exact) mass is 280 g/mol. The number of nitrogens with zero attached hydrogens (tertiary/aromatic N) is 4. The van der Waals surface area contributed by atoms with Crippen molar-refractivity contribution in [2.75, 3.05) is 24.5 Å². The molecule has 0 aliphatic heterocycles. The first-order chi connectivity index (χ1) is 9.15. The van der Waals surface area contributed by atoms with E-state index in [0.717, 1.165) is 0 Å². The topological polar surface area (TPSA) is 89.2 Å². The van der Waals surface area contributed by atoms with Gasteiger partial charge >= 0.3 is 6.01 Å². The third-order valence-corrected chi connectivity index (χ3v) is 3.81.